The highest BCUT2D eigenvalue weighted by Crippen LogP contribution is 2.16. The number of hydrogen-bond acceptors (Lipinski definition) is 5. The Morgan fingerprint density at radius 2 is 2.16 bits per heavy atom. The molecule has 0 aliphatic carbocycles. The first-order valence-corrected chi connectivity index (χ1v) is 5.88. The van der Waals surface area contributed by atoms with Crippen molar-refractivity contribution in [1.29, 1.82) is 0 Å². The molecule has 0 bridgehead atoms. The zero-order valence-electron chi connectivity index (χ0n) is 10.9. The van der Waals surface area contributed by atoms with Crippen molar-refractivity contribution in [2.24, 2.45) is 5.84 Å². The van der Waals surface area contributed by atoms with Gasteiger partial charge in [-0.25, -0.2) is 0 Å². The molecule has 1 aromatic carbocycles. The Morgan fingerprint density at radius 3 is 2.79 bits per heavy atom. The first-order chi connectivity index (χ1) is 9.10. The van der Waals surface area contributed by atoms with Gasteiger partial charge < -0.3 is 15.3 Å². The Labute approximate surface area is 110 Å². The second kappa shape index (κ2) is 5.53. The summed E-state index contributed by atoms with van der Waals surface area (Å²) in [6.07, 6.45) is 0. The molecule has 0 saturated carbocycles. The number of carbonyl (C=O) groups is 1. The molecule has 0 atom stereocenters. The Hall–Kier alpha value is -2.34. The number of benzene rings is 1. The van der Waals surface area contributed by atoms with E-state index in [1.807, 2.05) is 26.0 Å². The van der Waals surface area contributed by atoms with Crippen LogP contribution in [0.25, 0.3) is 0 Å². The number of hydrogen-bond donors (Lipinski definition) is 3. The number of anilines is 1. The molecule has 0 saturated heterocycles. The highest BCUT2D eigenvalue weighted by atomic mass is 16.5. The van der Waals surface area contributed by atoms with Crippen molar-refractivity contribution < 1.29 is 9.32 Å². The van der Waals surface area contributed by atoms with Gasteiger partial charge in [0.2, 0.25) is 0 Å². The normalized spacial score (nSPS) is 10.3. The van der Waals surface area contributed by atoms with Crippen molar-refractivity contribution in [1.82, 2.24) is 10.5 Å². The van der Waals surface area contributed by atoms with E-state index in [2.05, 4.69) is 15.9 Å². The number of aryl methyl sites for hydroxylation is 2. The van der Waals surface area contributed by atoms with Crippen molar-refractivity contribution in [3.05, 3.63) is 46.8 Å². The van der Waals surface area contributed by atoms with Gasteiger partial charge in [-0.1, -0.05) is 11.2 Å². The van der Waals surface area contributed by atoms with Gasteiger partial charge in [0.05, 0.1) is 23.5 Å². The average Bonchev–Trinajstić information content (AvgIpc) is 2.81. The van der Waals surface area contributed by atoms with Crippen LogP contribution in [0.15, 0.2) is 28.8 Å². The molecule has 1 heterocycles. The minimum Gasteiger partial charge on any atom is -0.359 e. The summed E-state index contributed by atoms with van der Waals surface area (Å²) in [7, 11) is 0. The number of hydrazine groups is 1. The van der Waals surface area contributed by atoms with Gasteiger partial charge in [-0.05, 0) is 31.5 Å². The van der Waals surface area contributed by atoms with E-state index in [4.69, 9.17) is 10.4 Å². The topological polar surface area (TPSA) is 93.2 Å². The van der Waals surface area contributed by atoms with Crippen LogP contribution >= 0.6 is 0 Å². The summed E-state index contributed by atoms with van der Waals surface area (Å²) >= 11 is 0. The van der Waals surface area contributed by atoms with Crippen molar-refractivity contribution in [2.45, 2.75) is 20.4 Å². The maximum Gasteiger partial charge on any atom is 0.253 e. The third-order valence-corrected chi connectivity index (χ3v) is 2.68. The fourth-order valence-corrected chi connectivity index (χ4v) is 1.74. The molecule has 19 heavy (non-hydrogen) atoms. The van der Waals surface area contributed by atoms with E-state index in [1.165, 1.54) is 0 Å². The predicted octanol–water partition coefficient (Wildman–Crippen LogP) is 1.51. The zero-order chi connectivity index (χ0) is 13.8. The Balaban J connectivity index is 2.07. The van der Waals surface area contributed by atoms with E-state index in [-0.39, 0.29) is 12.5 Å². The summed E-state index contributed by atoms with van der Waals surface area (Å²) in [6, 6.07) is 7.17. The third kappa shape index (κ3) is 3.11. The molecule has 2 rings (SSSR count). The van der Waals surface area contributed by atoms with Crippen LogP contribution in [0.4, 0.5) is 5.69 Å². The SMILES string of the molecule is Cc1ccc(C(=O)NCc2cc(C)no2)c(NN)c1. The van der Waals surface area contributed by atoms with Gasteiger partial charge in [-0.15, -0.1) is 0 Å². The summed E-state index contributed by atoms with van der Waals surface area (Å²) in [5.41, 5.74) is 5.41. The van der Waals surface area contributed by atoms with Gasteiger partial charge in [0, 0.05) is 6.07 Å². The molecule has 0 spiro atoms. The van der Waals surface area contributed by atoms with Gasteiger partial charge in [0.1, 0.15) is 0 Å². The minimum absolute atomic E-state index is 0.220. The van der Waals surface area contributed by atoms with E-state index in [9.17, 15) is 4.79 Å². The maximum absolute atomic E-state index is 12.0. The lowest BCUT2D eigenvalue weighted by Crippen LogP contribution is -2.24. The van der Waals surface area contributed by atoms with Gasteiger partial charge in [-0.3, -0.25) is 10.6 Å². The lowest BCUT2D eigenvalue weighted by Gasteiger charge is -2.09. The molecule has 0 unspecified atom stereocenters. The smallest absolute Gasteiger partial charge is 0.253 e. The molecule has 2 aromatic rings. The van der Waals surface area contributed by atoms with Crippen LogP contribution in [0.5, 0.6) is 0 Å². The molecule has 100 valence electrons. The summed E-state index contributed by atoms with van der Waals surface area (Å²) in [5, 5.41) is 6.51. The van der Waals surface area contributed by atoms with Crippen LogP contribution in [0, 0.1) is 13.8 Å². The molecule has 4 N–H and O–H groups in total. The lowest BCUT2D eigenvalue weighted by molar-refractivity contribution is 0.0948. The predicted molar refractivity (Wildman–Crippen MR) is 71.4 cm³/mol. The standard InChI is InChI=1S/C13H16N4O2/c1-8-3-4-11(12(5-8)16-14)13(18)15-7-10-6-9(2)17-19-10/h3-6,16H,7,14H2,1-2H3,(H,15,18). The second-order valence-corrected chi connectivity index (χ2v) is 4.31. The fourth-order valence-electron chi connectivity index (χ4n) is 1.74. The quantitative estimate of drug-likeness (QED) is 0.572. The number of nitrogens with zero attached hydrogens (tertiary/aromatic N) is 1. The van der Waals surface area contributed by atoms with E-state index < -0.39 is 0 Å². The number of nitrogens with two attached hydrogens (primary N) is 1. The second-order valence-electron chi connectivity index (χ2n) is 4.31. The van der Waals surface area contributed by atoms with Crippen molar-refractivity contribution in [3.8, 4) is 0 Å². The van der Waals surface area contributed by atoms with Crippen molar-refractivity contribution in [3.63, 3.8) is 0 Å². The van der Waals surface area contributed by atoms with E-state index in [1.54, 1.807) is 12.1 Å². The van der Waals surface area contributed by atoms with Gasteiger partial charge in [0.25, 0.3) is 5.91 Å². The van der Waals surface area contributed by atoms with Crippen molar-refractivity contribution in [2.75, 3.05) is 5.43 Å². The molecule has 6 heteroatoms. The van der Waals surface area contributed by atoms with Gasteiger partial charge in [-0.2, -0.15) is 0 Å². The molecule has 0 fully saturated rings. The largest absolute Gasteiger partial charge is 0.359 e. The number of nitrogen functional groups attached to an aromatic ring is 1. The summed E-state index contributed by atoms with van der Waals surface area (Å²) < 4.78 is 5.02. The number of carbonyl (C=O) groups excluding carboxylic acids is 1. The highest BCUT2D eigenvalue weighted by molar-refractivity contribution is 5.99. The number of amides is 1. The molecule has 0 aliphatic rings. The molecule has 1 amide bonds. The summed E-state index contributed by atoms with van der Waals surface area (Å²) in [4.78, 5) is 12.0. The monoisotopic (exact) mass is 260 g/mol. The summed E-state index contributed by atoms with van der Waals surface area (Å²) in [6.45, 7) is 4.04. The molecule has 1 aromatic heterocycles. The molecular formula is C13H16N4O2. The van der Waals surface area contributed by atoms with Crippen LogP contribution in [-0.2, 0) is 6.54 Å². The summed E-state index contributed by atoms with van der Waals surface area (Å²) in [5.74, 6) is 5.80. The van der Waals surface area contributed by atoms with Crippen LogP contribution in [0.1, 0.15) is 27.4 Å². The molecule has 6 nitrogen and oxygen atoms in total. The van der Waals surface area contributed by atoms with E-state index in [0.29, 0.717) is 17.0 Å². The average molecular weight is 260 g/mol. The lowest BCUT2D eigenvalue weighted by atomic mass is 10.1. The van der Waals surface area contributed by atoms with Crippen LogP contribution < -0.4 is 16.6 Å². The Kier molecular flexibility index (Phi) is 3.82. The Morgan fingerprint density at radius 1 is 1.37 bits per heavy atom. The van der Waals surface area contributed by atoms with Gasteiger partial charge >= 0.3 is 0 Å². The maximum atomic E-state index is 12.0. The fraction of sp³-hybridized carbons (Fsp3) is 0.231. The number of rotatable bonds is 4. The number of aromatic nitrogens is 1. The number of nitrogens with one attached hydrogen (secondary N) is 2. The van der Waals surface area contributed by atoms with Crippen LogP contribution in [-0.4, -0.2) is 11.1 Å². The zero-order valence-corrected chi connectivity index (χ0v) is 10.9. The molecule has 0 aliphatic heterocycles. The highest BCUT2D eigenvalue weighted by Gasteiger charge is 2.11. The third-order valence-electron chi connectivity index (χ3n) is 2.68. The van der Waals surface area contributed by atoms with Crippen LogP contribution in [0.3, 0.4) is 0 Å². The first kappa shape index (κ1) is 13.1. The minimum atomic E-state index is -0.220. The van der Waals surface area contributed by atoms with Crippen molar-refractivity contribution >= 4 is 11.6 Å². The molecule has 0 radical (unpaired) electrons. The first-order valence-electron chi connectivity index (χ1n) is 5.88. The van der Waals surface area contributed by atoms with Crippen LogP contribution in [0.2, 0.25) is 0 Å². The van der Waals surface area contributed by atoms with E-state index >= 15 is 0 Å². The van der Waals surface area contributed by atoms with Gasteiger partial charge in [0.15, 0.2) is 5.76 Å². The molecular weight excluding hydrogens is 244 g/mol. The van der Waals surface area contributed by atoms with E-state index in [0.717, 1.165) is 11.3 Å². The Bertz CT molecular complexity index is 592.